The third-order valence-corrected chi connectivity index (χ3v) is 9.67. The fraction of sp³-hybridized carbons (Fsp3) is 0.333. The van der Waals surface area contributed by atoms with Gasteiger partial charge in [-0.1, -0.05) is 62.7 Å². The van der Waals surface area contributed by atoms with Crippen molar-refractivity contribution in [1.29, 1.82) is 0 Å². The van der Waals surface area contributed by atoms with Crippen LogP contribution in [0, 0.1) is 18.7 Å². The molecule has 0 radical (unpaired) electrons. The lowest BCUT2D eigenvalue weighted by atomic mass is 9.90. The first-order chi connectivity index (χ1) is 20.4. The van der Waals surface area contributed by atoms with Gasteiger partial charge in [-0.2, -0.15) is 9.40 Å². The van der Waals surface area contributed by atoms with Crippen molar-refractivity contribution in [1.82, 2.24) is 14.1 Å². The average molecular weight is 604 g/mol. The van der Waals surface area contributed by atoms with Gasteiger partial charge in [0.15, 0.2) is 0 Å². The smallest absolute Gasteiger partial charge is 0.307 e. The minimum absolute atomic E-state index is 0.0233. The molecule has 10 heteroatoms. The first-order valence-electron chi connectivity index (χ1n) is 14.5. The Hall–Kier alpha value is -4.02. The predicted molar refractivity (Wildman–Crippen MR) is 168 cm³/mol. The molecule has 2 heterocycles. The molecule has 226 valence electrons. The van der Waals surface area contributed by atoms with Crippen molar-refractivity contribution in [3.05, 3.63) is 102 Å². The minimum Gasteiger partial charge on any atom is -0.307 e. The summed E-state index contributed by atoms with van der Waals surface area (Å²) < 4.78 is 42.9. The van der Waals surface area contributed by atoms with Gasteiger partial charge in [-0.05, 0) is 74.1 Å². The van der Waals surface area contributed by atoms with Crippen molar-refractivity contribution >= 4 is 27.6 Å². The molecule has 1 aromatic heterocycles. The maximum atomic E-state index is 13.7. The molecule has 0 bridgehead atoms. The zero-order valence-corrected chi connectivity index (χ0v) is 25.8. The van der Waals surface area contributed by atoms with Crippen LogP contribution in [0.15, 0.2) is 83.8 Å². The quantitative estimate of drug-likeness (QED) is 0.240. The largest absolute Gasteiger partial charge is 0.324 e. The van der Waals surface area contributed by atoms with Crippen LogP contribution in [0.4, 0.5) is 20.7 Å². The number of rotatable bonds is 7. The zero-order valence-electron chi connectivity index (χ0n) is 25.0. The standard InChI is InChI=1S/C33H38FN5O3S/c1-23-12-14-27(15-13-23)39-31(22-30(37-39)33(2,3)4)36-32(40)35-29-11-6-5-8-25(29)20-24-16-18-38(19-17-24)43(41,42)28-10-7-9-26(34)21-28/h5-15,21-22,24H,16-20H2,1-4H3,(H2,35,36,40). The van der Waals surface area contributed by atoms with Crippen LogP contribution in [0.5, 0.6) is 0 Å². The second kappa shape index (κ2) is 12.3. The summed E-state index contributed by atoms with van der Waals surface area (Å²) in [6.07, 6.45) is 2.03. The van der Waals surface area contributed by atoms with E-state index in [0.29, 0.717) is 43.9 Å². The lowest BCUT2D eigenvalue weighted by Gasteiger charge is -2.31. The molecule has 2 amide bonds. The number of anilines is 2. The third-order valence-electron chi connectivity index (χ3n) is 7.78. The number of hydrogen-bond donors (Lipinski definition) is 2. The number of aryl methyl sites for hydroxylation is 1. The number of nitrogens with zero attached hydrogens (tertiary/aromatic N) is 3. The summed E-state index contributed by atoms with van der Waals surface area (Å²) in [5.41, 5.74) is 4.31. The number of benzene rings is 3. The SMILES string of the molecule is Cc1ccc(-n2nc(C(C)(C)C)cc2NC(=O)Nc2ccccc2CC2CCN(S(=O)(=O)c3cccc(F)c3)CC2)cc1. The average Bonchev–Trinajstić information content (AvgIpc) is 3.39. The van der Waals surface area contributed by atoms with Crippen LogP contribution >= 0.6 is 0 Å². The van der Waals surface area contributed by atoms with E-state index in [1.54, 1.807) is 4.68 Å². The number of carbonyl (C=O) groups is 1. The molecule has 0 unspecified atom stereocenters. The number of aromatic nitrogens is 2. The Kier molecular flexibility index (Phi) is 8.71. The summed E-state index contributed by atoms with van der Waals surface area (Å²) in [7, 11) is -3.75. The van der Waals surface area contributed by atoms with Gasteiger partial charge in [0.2, 0.25) is 10.0 Å². The van der Waals surface area contributed by atoms with Crippen LogP contribution in [0.3, 0.4) is 0 Å². The highest BCUT2D eigenvalue weighted by molar-refractivity contribution is 7.89. The molecule has 5 rings (SSSR count). The lowest BCUT2D eigenvalue weighted by Crippen LogP contribution is -2.39. The first-order valence-corrected chi connectivity index (χ1v) is 15.9. The highest BCUT2D eigenvalue weighted by atomic mass is 32.2. The summed E-state index contributed by atoms with van der Waals surface area (Å²) in [5, 5.41) is 10.8. The van der Waals surface area contributed by atoms with Crippen LogP contribution < -0.4 is 10.6 Å². The first kappa shape index (κ1) is 30.4. The van der Waals surface area contributed by atoms with Crippen molar-refractivity contribution < 1.29 is 17.6 Å². The normalized spacial score (nSPS) is 14.9. The zero-order chi connectivity index (χ0) is 30.8. The number of carbonyl (C=O) groups excluding carboxylic acids is 1. The number of piperidine rings is 1. The van der Waals surface area contributed by atoms with Crippen molar-refractivity contribution in [3.8, 4) is 5.69 Å². The Bertz CT molecular complexity index is 1700. The molecular formula is C33H38FN5O3S. The maximum Gasteiger partial charge on any atom is 0.324 e. The summed E-state index contributed by atoms with van der Waals surface area (Å²) >= 11 is 0. The Labute approximate surface area is 253 Å². The van der Waals surface area contributed by atoms with Crippen molar-refractivity contribution in [2.75, 3.05) is 23.7 Å². The summed E-state index contributed by atoms with van der Waals surface area (Å²) in [5.74, 6) is 0.233. The van der Waals surface area contributed by atoms with E-state index in [9.17, 15) is 17.6 Å². The van der Waals surface area contributed by atoms with Crippen LogP contribution in [0.1, 0.15) is 50.4 Å². The number of hydrogen-bond acceptors (Lipinski definition) is 4. The number of amides is 2. The van der Waals surface area contributed by atoms with E-state index in [0.717, 1.165) is 28.6 Å². The molecular weight excluding hydrogens is 565 g/mol. The third kappa shape index (κ3) is 7.14. The van der Waals surface area contributed by atoms with Crippen LogP contribution in [-0.4, -0.2) is 41.6 Å². The number of halogens is 1. The number of nitrogens with one attached hydrogen (secondary N) is 2. The van der Waals surface area contributed by atoms with E-state index >= 15 is 0 Å². The van der Waals surface area contributed by atoms with Crippen molar-refractivity contribution in [2.24, 2.45) is 5.92 Å². The van der Waals surface area contributed by atoms with Crippen LogP contribution in [0.2, 0.25) is 0 Å². The van der Waals surface area contributed by atoms with Crippen molar-refractivity contribution in [2.45, 2.75) is 57.3 Å². The van der Waals surface area contributed by atoms with E-state index < -0.39 is 15.8 Å². The van der Waals surface area contributed by atoms with Crippen molar-refractivity contribution in [3.63, 3.8) is 0 Å². The van der Waals surface area contributed by atoms with E-state index in [1.807, 2.05) is 61.5 Å². The number of para-hydroxylation sites is 1. The summed E-state index contributed by atoms with van der Waals surface area (Å²) in [4.78, 5) is 13.2. The molecule has 1 fully saturated rings. The molecule has 0 atom stereocenters. The second-order valence-corrected chi connectivity index (χ2v) is 14.1. The molecule has 1 aliphatic heterocycles. The van der Waals surface area contributed by atoms with Gasteiger partial charge in [0.1, 0.15) is 11.6 Å². The fourth-order valence-corrected chi connectivity index (χ4v) is 6.75. The highest BCUT2D eigenvalue weighted by Crippen LogP contribution is 2.30. The molecule has 1 saturated heterocycles. The summed E-state index contributed by atoms with van der Waals surface area (Å²) in [6.45, 7) is 8.98. The van der Waals surface area contributed by atoms with Gasteiger partial charge in [0, 0.05) is 30.3 Å². The molecule has 1 aliphatic rings. The van der Waals surface area contributed by atoms with E-state index in [-0.39, 0.29) is 22.3 Å². The Balaban J connectivity index is 1.26. The lowest BCUT2D eigenvalue weighted by molar-refractivity contribution is 0.261. The van der Waals surface area contributed by atoms with E-state index in [2.05, 4.69) is 31.4 Å². The molecule has 43 heavy (non-hydrogen) atoms. The Morgan fingerprint density at radius 2 is 1.65 bits per heavy atom. The predicted octanol–water partition coefficient (Wildman–Crippen LogP) is 6.90. The summed E-state index contributed by atoms with van der Waals surface area (Å²) in [6, 6.07) is 22.3. The minimum atomic E-state index is -3.75. The van der Waals surface area contributed by atoms with Gasteiger partial charge in [-0.15, -0.1) is 0 Å². The number of sulfonamides is 1. The molecule has 4 aromatic rings. The number of urea groups is 1. The van der Waals surface area contributed by atoms with Crippen LogP contribution in [-0.2, 0) is 21.9 Å². The highest BCUT2D eigenvalue weighted by Gasteiger charge is 2.30. The van der Waals surface area contributed by atoms with Gasteiger partial charge in [0.25, 0.3) is 0 Å². The van der Waals surface area contributed by atoms with Gasteiger partial charge in [0.05, 0.1) is 16.3 Å². The topological polar surface area (TPSA) is 96.3 Å². The van der Waals surface area contributed by atoms with E-state index in [4.69, 9.17) is 5.10 Å². The van der Waals surface area contributed by atoms with E-state index in [1.165, 1.54) is 22.5 Å². The second-order valence-electron chi connectivity index (χ2n) is 12.2. The van der Waals surface area contributed by atoms with Crippen LogP contribution in [0.25, 0.3) is 5.69 Å². The molecule has 0 saturated carbocycles. The van der Waals surface area contributed by atoms with Gasteiger partial charge < -0.3 is 5.32 Å². The monoisotopic (exact) mass is 603 g/mol. The molecule has 3 aromatic carbocycles. The van der Waals surface area contributed by atoms with Gasteiger partial charge >= 0.3 is 6.03 Å². The molecule has 8 nitrogen and oxygen atoms in total. The Morgan fingerprint density at radius 1 is 0.953 bits per heavy atom. The fourth-order valence-electron chi connectivity index (χ4n) is 5.25. The molecule has 0 spiro atoms. The van der Waals surface area contributed by atoms with Gasteiger partial charge in [-0.3, -0.25) is 5.32 Å². The molecule has 2 N–H and O–H groups in total. The van der Waals surface area contributed by atoms with Gasteiger partial charge in [-0.25, -0.2) is 22.3 Å². The molecule has 0 aliphatic carbocycles. The maximum absolute atomic E-state index is 13.7. The Morgan fingerprint density at radius 3 is 2.33 bits per heavy atom.